The average Bonchev–Trinajstić information content (AvgIpc) is 2.71. The summed E-state index contributed by atoms with van der Waals surface area (Å²) in [5.74, 6) is -1.25. The molecule has 1 saturated heterocycles. The summed E-state index contributed by atoms with van der Waals surface area (Å²) in [6, 6.07) is 12.3. The van der Waals surface area contributed by atoms with Gasteiger partial charge in [-0.15, -0.1) is 0 Å². The third kappa shape index (κ3) is 5.57. The summed E-state index contributed by atoms with van der Waals surface area (Å²) >= 11 is 0. The van der Waals surface area contributed by atoms with Gasteiger partial charge in [-0.25, -0.2) is 0 Å². The van der Waals surface area contributed by atoms with Crippen LogP contribution in [0.15, 0.2) is 36.4 Å². The Morgan fingerprint density at radius 3 is 2.21 bits per heavy atom. The van der Waals surface area contributed by atoms with Crippen LogP contribution < -0.4 is 15.5 Å². The lowest BCUT2D eigenvalue weighted by molar-refractivity contribution is -0.136. The van der Waals surface area contributed by atoms with Gasteiger partial charge in [-0.2, -0.15) is 0 Å². The molecule has 2 amide bonds. The summed E-state index contributed by atoms with van der Waals surface area (Å²) in [6.07, 6.45) is 0.672. The lowest BCUT2D eigenvalue weighted by Gasteiger charge is -2.28. The fourth-order valence-corrected chi connectivity index (χ4v) is 3.64. The molecule has 6 nitrogen and oxygen atoms in total. The second-order valence-corrected chi connectivity index (χ2v) is 7.50. The number of carbonyl (C=O) groups excluding carboxylic acids is 2. The standard InChI is InChI=1S/C23H29N3O3/c1-16-14-17(2)21(18(3)15-16)25-23(28)22(27)24-9-8-19-4-6-20(7-5-19)26-10-12-29-13-11-26/h4-7,14-15H,8-13H2,1-3H3,(H,24,27)(H,25,28). The molecule has 0 aromatic heterocycles. The summed E-state index contributed by atoms with van der Waals surface area (Å²) in [5, 5.41) is 5.43. The van der Waals surface area contributed by atoms with Gasteiger partial charge in [0, 0.05) is 31.0 Å². The number of morpholine rings is 1. The minimum absolute atomic E-state index is 0.412. The maximum Gasteiger partial charge on any atom is 0.313 e. The minimum atomic E-state index is -0.636. The maximum atomic E-state index is 12.2. The van der Waals surface area contributed by atoms with Gasteiger partial charge in [0.15, 0.2) is 0 Å². The Balaban J connectivity index is 1.47. The number of aryl methyl sites for hydroxylation is 3. The molecule has 6 heteroatoms. The molecule has 154 valence electrons. The number of ether oxygens (including phenoxy) is 1. The number of rotatable bonds is 5. The van der Waals surface area contributed by atoms with Crippen LogP contribution in [0.3, 0.4) is 0 Å². The third-order valence-corrected chi connectivity index (χ3v) is 5.13. The van der Waals surface area contributed by atoms with Gasteiger partial charge in [0.2, 0.25) is 0 Å². The SMILES string of the molecule is Cc1cc(C)c(NC(=O)C(=O)NCCc2ccc(N3CCOCC3)cc2)c(C)c1. The zero-order valence-corrected chi connectivity index (χ0v) is 17.4. The summed E-state index contributed by atoms with van der Waals surface area (Å²) in [7, 11) is 0. The maximum absolute atomic E-state index is 12.2. The molecular formula is C23H29N3O3. The number of benzene rings is 2. The minimum Gasteiger partial charge on any atom is -0.378 e. The second kappa shape index (κ2) is 9.56. The van der Waals surface area contributed by atoms with E-state index in [1.165, 1.54) is 5.69 Å². The molecule has 1 aliphatic rings. The number of nitrogens with zero attached hydrogens (tertiary/aromatic N) is 1. The van der Waals surface area contributed by atoms with E-state index in [4.69, 9.17) is 4.74 Å². The molecule has 2 N–H and O–H groups in total. The van der Waals surface area contributed by atoms with Crippen molar-refractivity contribution < 1.29 is 14.3 Å². The van der Waals surface area contributed by atoms with Gasteiger partial charge in [0.25, 0.3) is 0 Å². The predicted octanol–water partition coefficient (Wildman–Crippen LogP) is 2.75. The van der Waals surface area contributed by atoms with Crippen LogP contribution in [0.2, 0.25) is 0 Å². The van der Waals surface area contributed by atoms with Crippen LogP contribution >= 0.6 is 0 Å². The third-order valence-electron chi connectivity index (χ3n) is 5.13. The number of anilines is 2. The highest BCUT2D eigenvalue weighted by molar-refractivity contribution is 6.39. The first-order valence-corrected chi connectivity index (χ1v) is 10.0. The Morgan fingerprint density at radius 1 is 0.966 bits per heavy atom. The second-order valence-electron chi connectivity index (χ2n) is 7.50. The molecule has 2 aromatic rings. The summed E-state index contributed by atoms with van der Waals surface area (Å²) in [6.45, 7) is 9.60. The Hall–Kier alpha value is -2.86. The number of nitrogens with one attached hydrogen (secondary N) is 2. The van der Waals surface area contributed by atoms with Crippen molar-refractivity contribution in [1.82, 2.24) is 5.32 Å². The first-order valence-electron chi connectivity index (χ1n) is 10.0. The van der Waals surface area contributed by atoms with E-state index < -0.39 is 11.8 Å². The topological polar surface area (TPSA) is 70.7 Å². The Kier molecular flexibility index (Phi) is 6.88. The first-order chi connectivity index (χ1) is 13.9. The smallest absolute Gasteiger partial charge is 0.313 e. The fraction of sp³-hybridized carbons (Fsp3) is 0.391. The van der Waals surface area contributed by atoms with Gasteiger partial charge in [-0.05, 0) is 56.0 Å². The van der Waals surface area contributed by atoms with Crippen LogP contribution in [0.4, 0.5) is 11.4 Å². The molecule has 0 unspecified atom stereocenters. The fourth-order valence-electron chi connectivity index (χ4n) is 3.64. The van der Waals surface area contributed by atoms with E-state index in [-0.39, 0.29) is 0 Å². The van der Waals surface area contributed by atoms with E-state index in [0.29, 0.717) is 18.7 Å². The monoisotopic (exact) mass is 395 g/mol. The van der Waals surface area contributed by atoms with Gasteiger partial charge in [-0.3, -0.25) is 9.59 Å². The molecule has 0 radical (unpaired) electrons. The van der Waals surface area contributed by atoms with Crippen molar-refractivity contribution in [2.75, 3.05) is 43.1 Å². The number of carbonyl (C=O) groups is 2. The van der Waals surface area contributed by atoms with Crippen LogP contribution in [0.25, 0.3) is 0 Å². The van der Waals surface area contributed by atoms with Crippen molar-refractivity contribution in [3.8, 4) is 0 Å². The Morgan fingerprint density at radius 2 is 1.59 bits per heavy atom. The normalized spacial score (nSPS) is 13.8. The van der Waals surface area contributed by atoms with Crippen molar-refractivity contribution in [1.29, 1.82) is 0 Å². The highest BCUT2D eigenvalue weighted by Gasteiger charge is 2.16. The highest BCUT2D eigenvalue weighted by Crippen LogP contribution is 2.21. The van der Waals surface area contributed by atoms with Crippen molar-refractivity contribution in [3.05, 3.63) is 58.7 Å². The molecule has 0 saturated carbocycles. The van der Waals surface area contributed by atoms with Gasteiger partial charge in [0.05, 0.1) is 13.2 Å². The molecule has 1 heterocycles. The number of hydrogen-bond acceptors (Lipinski definition) is 4. The van der Waals surface area contributed by atoms with Gasteiger partial charge >= 0.3 is 11.8 Å². The zero-order valence-electron chi connectivity index (χ0n) is 17.4. The van der Waals surface area contributed by atoms with Crippen molar-refractivity contribution in [2.24, 2.45) is 0 Å². The zero-order chi connectivity index (χ0) is 20.8. The van der Waals surface area contributed by atoms with Crippen LogP contribution in [0, 0.1) is 20.8 Å². The van der Waals surface area contributed by atoms with Gasteiger partial charge < -0.3 is 20.3 Å². The molecule has 1 fully saturated rings. The molecule has 0 spiro atoms. The van der Waals surface area contributed by atoms with Crippen LogP contribution in [-0.2, 0) is 20.7 Å². The summed E-state index contributed by atoms with van der Waals surface area (Å²) in [4.78, 5) is 26.7. The first kappa shape index (κ1) is 20.9. The van der Waals surface area contributed by atoms with E-state index >= 15 is 0 Å². The quantitative estimate of drug-likeness (QED) is 0.764. The Bertz CT molecular complexity index is 848. The largest absolute Gasteiger partial charge is 0.378 e. The lowest BCUT2D eigenvalue weighted by Crippen LogP contribution is -2.37. The number of hydrogen-bond donors (Lipinski definition) is 2. The molecule has 1 aliphatic heterocycles. The van der Waals surface area contributed by atoms with Crippen LogP contribution in [0.5, 0.6) is 0 Å². The molecular weight excluding hydrogens is 366 g/mol. The van der Waals surface area contributed by atoms with E-state index in [1.54, 1.807) is 0 Å². The number of amides is 2. The molecule has 0 aliphatic carbocycles. The molecule has 0 bridgehead atoms. The van der Waals surface area contributed by atoms with Crippen LogP contribution in [-0.4, -0.2) is 44.7 Å². The van der Waals surface area contributed by atoms with Gasteiger partial charge in [0.1, 0.15) is 0 Å². The predicted molar refractivity (Wildman–Crippen MR) is 115 cm³/mol. The van der Waals surface area contributed by atoms with Gasteiger partial charge in [-0.1, -0.05) is 29.8 Å². The highest BCUT2D eigenvalue weighted by atomic mass is 16.5. The van der Waals surface area contributed by atoms with E-state index in [0.717, 1.165) is 48.6 Å². The van der Waals surface area contributed by atoms with Crippen molar-refractivity contribution >= 4 is 23.2 Å². The summed E-state index contributed by atoms with van der Waals surface area (Å²) < 4.78 is 5.38. The Labute approximate surface area is 172 Å². The molecule has 0 atom stereocenters. The van der Waals surface area contributed by atoms with E-state index in [2.05, 4.69) is 39.8 Å². The van der Waals surface area contributed by atoms with E-state index in [1.807, 2.05) is 32.9 Å². The average molecular weight is 396 g/mol. The van der Waals surface area contributed by atoms with Crippen molar-refractivity contribution in [2.45, 2.75) is 27.2 Å². The summed E-state index contributed by atoms with van der Waals surface area (Å²) in [5.41, 5.74) is 6.03. The van der Waals surface area contributed by atoms with Crippen LogP contribution in [0.1, 0.15) is 22.3 Å². The molecule has 2 aromatic carbocycles. The molecule has 3 rings (SSSR count). The van der Waals surface area contributed by atoms with E-state index in [9.17, 15) is 9.59 Å². The van der Waals surface area contributed by atoms with Crippen molar-refractivity contribution in [3.63, 3.8) is 0 Å². The lowest BCUT2D eigenvalue weighted by atomic mass is 10.1. The molecule has 29 heavy (non-hydrogen) atoms.